The van der Waals surface area contributed by atoms with E-state index in [1.54, 1.807) is 0 Å². The van der Waals surface area contributed by atoms with Gasteiger partial charge in [0.2, 0.25) is 10.0 Å². The molecule has 1 saturated heterocycles. The second-order valence-electron chi connectivity index (χ2n) is 4.24. The molecule has 8 heteroatoms. The van der Waals surface area contributed by atoms with Gasteiger partial charge in [0.1, 0.15) is 0 Å². The minimum absolute atomic E-state index is 0. The lowest BCUT2D eigenvalue weighted by Gasteiger charge is -2.23. The van der Waals surface area contributed by atoms with Crippen LogP contribution in [0.5, 0.6) is 0 Å². The fourth-order valence-electron chi connectivity index (χ4n) is 1.88. The summed E-state index contributed by atoms with van der Waals surface area (Å²) in [5.41, 5.74) is 0. The summed E-state index contributed by atoms with van der Waals surface area (Å²) in [5.74, 6) is -2.23. The van der Waals surface area contributed by atoms with Crippen LogP contribution in [0.1, 0.15) is 12.8 Å². The van der Waals surface area contributed by atoms with Crippen LogP contribution in [-0.2, 0) is 10.0 Å². The molecule has 1 unspecified atom stereocenters. The Morgan fingerprint density at radius 1 is 1.26 bits per heavy atom. The van der Waals surface area contributed by atoms with Crippen molar-refractivity contribution < 1.29 is 17.2 Å². The Balaban J connectivity index is 0.00000180. The van der Waals surface area contributed by atoms with Gasteiger partial charge in [-0.05, 0) is 37.6 Å². The molecule has 0 amide bonds. The van der Waals surface area contributed by atoms with Gasteiger partial charge in [-0.2, -0.15) is 0 Å². The quantitative estimate of drug-likeness (QED) is 0.887. The Labute approximate surface area is 117 Å². The summed E-state index contributed by atoms with van der Waals surface area (Å²) in [6, 6.07) is 2.34. The summed E-state index contributed by atoms with van der Waals surface area (Å²) in [5, 5.41) is 3.07. The Bertz CT molecular complexity index is 533. The van der Waals surface area contributed by atoms with Crippen molar-refractivity contribution in [1.82, 2.24) is 10.0 Å². The molecule has 0 saturated carbocycles. The van der Waals surface area contributed by atoms with Gasteiger partial charge in [0, 0.05) is 12.6 Å². The molecule has 1 heterocycles. The highest BCUT2D eigenvalue weighted by molar-refractivity contribution is 7.89. The number of hydrogen-bond donors (Lipinski definition) is 2. The summed E-state index contributed by atoms with van der Waals surface area (Å²) in [4.78, 5) is -0.257. The number of hydrogen-bond acceptors (Lipinski definition) is 3. The maximum atomic E-state index is 13.0. The van der Waals surface area contributed by atoms with Crippen molar-refractivity contribution in [3.8, 4) is 0 Å². The highest BCUT2D eigenvalue weighted by Crippen LogP contribution is 2.15. The van der Waals surface area contributed by atoms with E-state index >= 15 is 0 Å². The SMILES string of the molecule is Cl.O=S(=O)(NC1CCCNC1)c1ccc(F)c(F)c1. The zero-order valence-electron chi connectivity index (χ0n) is 10.0. The Kier molecular flexibility index (Phi) is 5.66. The zero-order valence-corrected chi connectivity index (χ0v) is 11.7. The summed E-state index contributed by atoms with van der Waals surface area (Å²) in [6.45, 7) is 1.41. The van der Waals surface area contributed by atoms with E-state index in [1.165, 1.54) is 0 Å². The van der Waals surface area contributed by atoms with Gasteiger partial charge in [0.15, 0.2) is 11.6 Å². The maximum Gasteiger partial charge on any atom is 0.240 e. The van der Waals surface area contributed by atoms with Gasteiger partial charge in [0.05, 0.1) is 4.90 Å². The van der Waals surface area contributed by atoms with Crippen molar-refractivity contribution in [2.24, 2.45) is 0 Å². The fourth-order valence-corrected chi connectivity index (χ4v) is 3.17. The molecule has 1 aromatic carbocycles. The van der Waals surface area contributed by atoms with E-state index in [9.17, 15) is 17.2 Å². The van der Waals surface area contributed by atoms with Crippen molar-refractivity contribution in [2.75, 3.05) is 13.1 Å². The topological polar surface area (TPSA) is 58.2 Å². The average molecular weight is 313 g/mol. The molecule has 0 aromatic heterocycles. The molecule has 2 N–H and O–H groups in total. The average Bonchev–Trinajstić information content (AvgIpc) is 2.33. The third kappa shape index (κ3) is 4.10. The number of nitrogens with one attached hydrogen (secondary N) is 2. The molecule has 1 aliphatic heterocycles. The van der Waals surface area contributed by atoms with Crippen LogP contribution in [-0.4, -0.2) is 27.5 Å². The number of halogens is 3. The monoisotopic (exact) mass is 312 g/mol. The van der Waals surface area contributed by atoms with Crippen LogP contribution in [0.15, 0.2) is 23.1 Å². The van der Waals surface area contributed by atoms with E-state index in [4.69, 9.17) is 0 Å². The highest BCUT2D eigenvalue weighted by Gasteiger charge is 2.22. The molecule has 2 rings (SSSR count). The first-order valence-corrected chi connectivity index (χ1v) is 7.15. The first kappa shape index (κ1) is 16.3. The van der Waals surface area contributed by atoms with E-state index in [0.29, 0.717) is 12.6 Å². The lowest BCUT2D eigenvalue weighted by Crippen LogP contribution is -2.45. The molecule has 1 atom stereocenters. The molecule has 0 aliphatic carbocycles. The number of rotatable bonds is 3. The summed E-state index contributed by atoms with van der Waals surface area (Å²) in [7, 11) is -3.80. The van der Waals surface area contributed by atoms with Crippen molar-refractivity contribution in [2.45, 2.75) is 23.8 Å². The summed E-state index contributed by atoms with van der Waals surface area (Å²) in [6.07, 6.45) is 1.61. The molecule has 4 nitrogen and oxygen atoms in total. The van der Waals surface area contributed by atoms with Crippen LogP contribution in [0.3, 0.4) is 0 Å². The lowest BCUT2D eigenvalue weighted by molar-refractivity contribution is 0.428. The van der Waals surface area contributed by atoms with Gasteiger partial charge in [-0.3, -0.25) is 0 Å². The van der Waals surface area contributed by atoms with Crippen LogP contribution in [0.25, 0.3) is 0 Å². The van der Waals surface area contributed by atoms with Crippen molar-refractivity contribution in [3.05, 3.63) is 29.8 Å². The van der Waals surface area contributed by atoms with Crippen molar-refractivity contribution >= 4 is 22.4 Å². The number of benzene rings is 1. The van der Waals surface area contributed by atoms with Gasteiger partial charge in [-0.15, -0.1) is 12.4 Å². The standard InChI is InChI=1S/C11H14F2N2O2S.ClH/c12-10-4-3-9(6-11(10)13)18(16,17)15-8-2-1-5-14-7-8;/h3-4,6,8,14-15H,1-2,5,7H2;1H. The van der Waals surface area contributed by atoms with E-state index in [1.807, 2.05) is 0 Å². The molecule has 1 fully saturated rings. The van der Waals surface area contributed by atoms with E-state index < -0.39 is 21.7 Å². The van der Waals surface area contributed by atoms with E-state index in [2.05, 4.69) is 10.0 Å². The van der Waals surface area contributed by atoms with E-state index in [-0.39, 0.29) is 23.3 Å². The maximum absolute atomic E-state index is 13.0. The van der Waals surface area contributed by atoms with Crippen LogP contribution < -0.4 is 10.0 Å². The van der Waals surface area contributed by atoms with Gasteiger partial charge in [0.25, 0.3) is 0 Å². The Morgan fingerprint density at radius 3 is 2.58 bits per heavy atom. The largest absolute Gasteiger partial charge is 0.315 e. The predicted molar refractivity (Wildman–Crippen MR) is 69.8 cm³/mol. The third-order valence-corrected chi connectivity index (χ3v) is 4.34. The fraction of sp³-hybridized carbons (Fsp3) is 0.455. The van der Waals surface area contributed by atoms with Crippen molar-refractivity contribution in [3.63, 3.8) is 0 Å². The predicted octanol–water partition coefficient (Wildman–Crippen LogP) is 1.42. The summed E-state index contributed by atoms with van der Waals surface area (Å²) >= 11 is 0. The van der Waals surface area contributed by atoms with Crippen LogP contribution in [0.4, 0.5) is 8.78 Å². The zero-order chi connectivity index (χ0) is 13.2. The van der Waals surface area contributed by atoms with Gasteiger partial charge >= 0.3 is 0 Å². The van der Waals surface area contributed by atoms with E-state index in [0.717, 1.165) is 31.5 Å². The minimum atomic E-state index is -3.80. The Morgan fingerprint density at radius 2 is 2.00 bits per heavy atom. The molecule has 1 aliphatic rings. The van der Waals surface area contributed by atoms with Gasteiger partial charge < -0.3 is 5.32 Å². The van der Waals surface area contributed by atoms with Gasteiger partial charge in [-0.25, -0.2) is 21.9 Å². The van der Waals surface area contributed by atoms with Crippen LogP contribution in [0.2, 0.25) is 0 Å². The third-order valence-electron chi connectivity index (χ3n) is 2.82. The first-order chi connectivity index (χ1) is 8.49. The molecule has 0 radical (unpaired) electrons. The normalized spacial score (nSPS) is 19.8. The molecule has 0 spiro atoms. The number of sulfonamides is 1. The molecule has 1 aromatic rings. The lowest BCUT2D eigenvalue weighted by atomic mass is 10.1. The van der Waals surface area contributed by atoms with Gasteiger partial charge in [-0.1, -0.05) is 0 Å². The molecular weight excluding hydrogens is 298 g/mol. The second-order valence-corrected chi connectivity index (χ2v) is 5.95. The smallest absolute Gasteiger partial charge is 0.240 e. The number of piperidine rings is 1. The Hall–Kier alpha value is -0.760. The summed E-state index contributed by atoms with van der Waals surface area (Å²) < 4.78 is 52.1. The minimum Gasteiger partial charge on any atom is -0.315 e. The second kappa shape index (κ2) is 6.60. The van der Waals surface area contributed by atoms with Crippen LogP contribution in [0, 0.1) is 11.6 Å². The molecule has 19 heavy (non-hydrogen) atoms. The first-order valence-electron chi connectivity index (χ1n) is 5.67. The van der Waals surface area contributed by atoms with Crippen LogP contribution >= 0.6 is 12.4 Å². The highest BCUT2D eigenvalue weighted by atomic mass is 35.5. The molecular formula is C11H15ClF2N2O2S. The molecule has 0 bridgehead atoms. The molecule has 108 valence electrons. The van der Waals surface area contributed by atoms with Crippen molar-refractivity contribution in [1.29, 1.82) is 0 Å².